The van der Waals surface area contributed by atoms with Crippen LogP contribution in [0.3, 0.4) is 0 Å². The fourth-order valence-corrected chi connectivity index (χ4v) is 3.24. The molecule has 3 rings (SSSR count). The van der Waals surface area contributed by atoms with Crippen molar-refractivity contribution in [2.24, 2.45) is 5.92 Å². The van der Waals surface area contributed by atoms with Crippen molar-refractivity contribution < 1.29 is 0 Å². The fourth-order valence-electron chi connectivity index (χ4n) is 2.92. The molecule has 0 saturated carbocycles. The lowest BCUT2D eigenvalue weighted by molar-refractivity contribution is 0.377. The second-order valence-electron chi connectivity index (χ2n) is 5.61. The minimum atomic E-state index is -0.137. The van der Waals surface area contributed by atoms with E-state index >= 15 is 0 Å². The number of hydrogen-bond acceptors (Lipinski definition) is 3. The number of halogens is 2. The van der Waals surface area contributed by atoms with Crippen LogP contribution in [0.4, 0.5) is 0 Å². The Morgan fingerprint density at radius 3 is 2.95 bits per heavy atom. The van der Waals surface area contributed by atoms with Gasteiger partial charge in [-0.05, 0) is 38.9 Å². The second-order valence-corrected chi connectivity index (χ2v) is 6.70. The Hall–Kier alpha value is -0.840. The summed E-state index contributed by atoms with van der Waals surface area (Å²) in [7, 11) is 2.16. The molecule has 4 nitrogen and oxygen atoms in total. The highest BCUT2D eigenvalue weighted by molar-refractivity contribution is 6.31. The Balaban J connectivity index is 2.00. The average molecular weight is 313 g/mol. The van der Waals surface area contributed by atoms with E-state index in [9.17, 15) is 0 Å². The first-order valence-electron chi connectivity index (χ1n) is 6.89. The van der Waals surface area contributed by atoms with Crippen molar-refractivity contribution in [2.45, 2.75) is 25.3 Å². The number of aromatic nitrogens is 3. The molecule has 3 heterocycles. The van der Waals surface area contributed by atoms with E-state index in [0.29, 0.717) is 10.9 Å². The van der Waals surface area contributed by atoms with E-state index < -0.39 is 0 Å². The summed E-state index contributed by atoms with van der Waals surface area (Å²) < 4.78 is 2.16. The Labute approximate surface area is 128 Å². The maximum absolute atomic E-state index is 6.28. The van der Waals surface area contributed by atoms with Crippen molar-refractivity contribution in [3.63, 3.8) is 0 Å². The Morgan fingerprint density at radius 2 is 2.30 bits per heavy atom. The standard InChI is InChI=1S/C14H18Cl2N4/c1-9(15)13-18-12-5-11(16)6-17-14(12)20(13)8-10-3-4-19(2)7-10/h5-6,9-10H,3-4,7-8H2,1-2H3. The van der Waals surface area contributed by atoms with Gasteiger partial charge in [-0.15, -0.1) is 11.6 Å². The van der Waals surface area contributed by atoms with Crippen LogP contribution in [0.2, 0.25) is 5.02 Å². The van der Waals surface area contributed by atoms with Gasteiger partial charge in [-0.2, -0.15) is 0 Å². The molecule has 2 atom stereocenters. The fraction of sp³-hybridized carbons (Fsp3) is 0.571. The smallest absolute Gasteiger partial charge is 0.160 e. The minimum Gasteiger partial charge on any atom is -0.311 e. The first-order valence-corrected chi connectivity index (χ1v) is 7.70. The van der Waals surface area contributed by atoms with Crippen LogP contribution in [-0.2, 0) is 6.54 Å². The molecule has 20 heavy (non-hydrogen) atoms. The molecule has 2 aromatic rings. The van der Waals surface area contributed by atoms with Gasteiger partial charge in [0, 0.05) is 19.3 Å². The van der Waals surface area contributed by atoms with E-state index in [-0.39, 0.29) is 5.38 Å². The molecular formula is C14H18Cl2N4. The van der Waals surface area contributed by atoms with Gasteiger partial charge in [-0.3, -0.25) is 0 Å². The molecule has 108 valence electrons. The maximum Gasteiger partial charge on any atom is 0.160 e. The molecule has 2 unspecified atom stereocenters. The van der Waals surface area contributed by atoms with Crippen molar-refractivity contribution in [1.29, 1.82) is 0 Å². The van der Waals surface area contributed by atoms with Crippen LogP contribution in [-0.4, -0.2) is 39.6 Å². The van der Waals surface area contributed by atoms with Crippen molar-refractivity contribution in [1.82, 2.24) is 19.4 Å². The zero-order valence-electron chi connectivity index (χ0n) is 11.7. The SMILES string of the molecule is CC(Cl)c1nc2cc(Cl)cnc2n1CC1CCN(C)C1. The van der Waals surface area contributed by atoms with Crippen LogP contribution in [0.5, 0.6) is 0 Å². The number of nitrogens with zero attached hydrogens (tertiary/aromatic N) is 4. The highest BCUT2D eigenvalue weighted by Crippen LogP contribution is 2.27. The topological polar surface area (TPSA) is 34.0 Å². The normalized spacial score (nSPS) is 21.7. The van der Waals surface area contributed by atoms with Gasteiger partial charge in [0.25, 0.3) is 0 Å². The lowest BCUT2D eigenvalue weighted by Gasteiger charge is -2.15. The van der Waals surface area contributed by atoms with Crippen molar-refractivity contribution >= 4 is 34.4 Å². The number of imidazole rings is 1. The molecule has 0 aromatic carbocycles. The Morgan fingerprint density at radius 1 is 1.50 bits per heavy atom. The quantitative estimate of drug-likeness (QED) is 0.815. The number of likely N-dealkylation sites (tertiary alicyclic amines) is 1. The summed E-state index contributed by atoms with van der Waals surface area (Å²) in [6.07, 6.45) is 2.88. The molecule has 1 fully saturated rings. The van der Waals surface area contributed by atoms with E-state index in [1.54, 1.807) is 6.20 Å². The molecule has 1 aliphatic rings. The molecule has 1 saturated heterocycles. The molecule has 0 spiro atoms. The molecule has 1 aliphatic heterocycles. The zero-order chi connectivity index (χ0) is 14.3. The molecule has 0 bridgehead atoms. The molecule has 2 aromatic heterocycles. The third kappa shape index (κ3) is 2.65. The van der Waals surface area contributed by atoms with E-state index in [1.165, 1.54) is 6.42 Å². The van der Waals surface area contributed by atoms with E-state index in [0.717, 1.165) is 36.6 Å². The highest BCUT2D eigenvalue weighted by Gasteiger charge is 2.23. The van der Waals surface area contributed by atoms with Crippen LogP contribution >= 0.6 is 23.2 Å². The summed E-state index contributed by atoms with van der Waals surface area (Å²) >= 11 is 12.3. The van der Waals surface area contributed by atoms with Crippen molar-refractivity contribution in [2.75, 3.05) is 20.1 Å². The largest absolute Gasteiger partial charge is 0.311 e. The van der Waals surface area contributed by atoms with Crippen LogP contribution in [0.1, 0.15) is 24.5 Å². The van der Waals surface area contributed by atoms with E-state index in [1.807, 2.05) is 13.0 Å². The third-order valence-corrected chi connectivity index (χ3v) is 4.27. The zero-order valence-corrected chi connectivity index (χ0v) is 13.2. The lowest BCUT2D eigenvalue weighted by atomic mass is 10.1. The monoisotopic (exact) mass is 312 g/mol. The van der Waals surface area contributed by atoms with Gasteiger partial charge >= 0.3 is 0 Å². The summed E-state index contributed by atoms with van der Waals surface area (Å²) in [6, 6.07) is 1.85. The van der Waals surface area contributed by atoms with Crippen molar-refractivity contribution in [3.8, 4) is 0 Å². The van der Waals surface area contributed by atoms with Gasteiger partial charge in [-0.25, -0.2) is 9.97 Å². The number of rotatable bonds is 3. The summed E-state index contributed by atoms with van der Waals surface area (Å²) in [5.41, 5.74) is 1.71. The van der Waals surface area contributed by atoms with Gasteiger partial charge in [0.15, 0.2) is 5.65 Å². The predicted molar refractivity (Wildman–Crippen MR) is 82.4 cm³/mol. The van der Waals surface area contributed by atoms with Crippen LogP contribution in [0.25, 0.3) is 11.2 Å². The maximum atomic E-state index is 6.28. The van der Waals surface area contributed by atoms with Crippen LogP contribution in [0.15, 0.2) is 12.3 Å². The van der Waals surface area contributed by atoms with E-state index in [2.05, 4.69) is 26.5 Å². The number of alkyl halides is 1. The summed E-state index contributed by atoms with van der Waals surface area (Å²) in [4.78, 5) is 11.4. The Bertz CT molecular complexity index is 623. The molecular weight excluding hydrogens is 295 g/mol. The van der Waals surface area contributed by atoms with Gasteiger partial charge < -0.3 is 9.47 Å². The first kappa shape index (κ1) is 14.1. The highest BCUT2D eigenvalue weighted by atomic mass is 35.5. The Kier molecular flexibility index (Phi) is 3.89. The van der Waals surface area contributed by atoms with Crippen molar-refractivity contribution in [3.05, 3.63) is 23.1 Å². The molecule has 6 heteroatoms. The minimum absolute atomic E-state index is 0.137. The summed E-state index contributed by atoms with van der Waals surface area (Å²) in [5, 5.41) is 0.471. The molecule has 0 aliphatic carbocycles. The lowest BCUT2D eigenvalue weighted by Crippen LogP contribution is -2.18. The predicted octanol–water partition coefficient (Wildman–Crippen LogP) is 3.34. The molecule has 0 amide bonds. The molecule has 0 N–H and O–H groups in total. The second kappa shape index (κ2) is 5.51. The summed E-state index contributed by atoms with van der Waals surface area (Å²) in [6.45, 7) is 5.13. The van der Waals surface area contributed by atoms with Gasteiger partial charge in [0.1, 0.15) is 11.3 Å². The summed E-state index contributed by atoms with van der Waals surface area (Å²) in [5.74, 6) is 1.51. The third-order valence-electron chi connectivity index (χ3n) is 3.87. The van der Waals surface area contributed by atoms with Gasteiger partial charge in [0.2, 0.25) is 0 Å². The number of fused-ring (bicyclic) bond motifs is 1. The average Bonchev–Trinajstić information content (AvgIpc) is 2.94. The number of pyridine rings is 1. The number of hydrogen-bond donors (Lipinski definition) is 0. The van der Waals surface area contributed by atoms with E-state index in [4.69, 9.17) is 23.2 Å². The molecule has 0 radical (unpaired) electrons. The van der Waals surface area contributed by atoms with Gasteiger partial charge in [0.05, 0.1) is 10.4 Å². The van der Waals surface area contributed by atoms with Gasteiger partial charge in [-0.1, -0.05) is 11.6 Å². The van der Waals surface area contributed by atoms with Crippen LogP contribution in [0, 0.1) is 5.92 Å². The van der Waals surface area contributed by atoms with Crippen LogP contribution < -0.4 is 0 Å². The first-order chi connectivity index (χ1) is 9.54.